The predicted octanol–water partition coefficient (Wildman–Crippen LogP) is 2.19. The highest BCUT2D eigenvalue weighted by molar-refractivity contribution is 5.77. The van der Waals surface area contributed by atoms with E-state index in [2.05, 4.69) is 32.7 Å². The number of rotatable bonds is 3. The van der Waals surface area contributed by atoms with Crippen molar-refractivity contribution >= 4 is 5.84 Å². The van der Waals surface area contributed by atoms with Crippen molar-refractivity contribution in [2.24, 2.45) is 16.1 Å². The Hall–Kier alpha value is -0.530. The lowest BCUT2D eigenvalue weighted by Crippen LogP contribution is -2.26. The van der Waals surface area contributed by atoms with Crippen molar-refractivity contribution in [1.29, 1.82) is 0 Å². The normalized spacial score (nSPS) is 16.6. The highest BCUT2D eigenvalue weighted by Crippen LogP contribution is 2.26. The summed E-state index contributed by atoms with van der Waals surface area (Å²) in [6.07, 6.45) is 1.13. The average molecular weight is 156 g/mol. The number of amidine groups is 1. The Morgan fingerprint density at radius 3 is 2.27 bits per heavy atom. The van der Waals surface area contributed by atoms with Crippen LogP contribution in [0.1, 0.15) is 41.0 Å². The molecule has 11 heavy (non-hydrogen) atoms. The van der Waals surface area contributed by atoms with Gasteiger partial charge in [-0.1, -0.05) is 20.8 Å². The molecule has 0 bridgehead atoms. The zero-order valence-corrected chi connectivity index (χ0v) is 8.31. The van der Waals surface area contributed by atoms with Crippen molar-refractivity contribution in [3.8, 4) is 0 Å². The third-order valence-electron chi connectivity index (χ3n) is 2.44. The molecule has 1 unspecified atom stereocenters. The van der Waals surface area contributed by atoms with Gasteiger partial charge in [0.05, 0.1) is 11.9 Å². The summed E-state index contributed by atoms with van der Waals surface area (Å²) >= 11 is 0. The van der Waals surface area contributed by atoms with Gasteiger partial charge in [-0.25, -0.2) is 0 Å². The molecule has 0 aliphatic carbocycles. The van der Waals surface area contributed by atoms with Gasteiger partial charge in [-0.15, -0.1) is 0 Å². The SMILES string of the molecule is CCC(C)(C)C(C)/N=C(/C)N. The summed E-state index contributed by atoms with van der Waals surface area (Å²) in [5.41, 5.74) is 5.76. The molecule has 0 aliphatic rings. The molecule has 0 aromatic rings. The topological polar surface area (TPSA) is 38.4 Å². The Bertz CT molecular complexity index is 144. The van der Waals surface area contributed by atoms with Crippen LogP contribution in [0.15, 0.2) is 4.99 Å². The van der Waals surface area contributed by atoms with Crippen molar-refractivity contribution in [3.05, 3.63) is 0 Å². The Balaban J connectivity index is 4.24. The summed E-state index contributed by atoms with van der Waals surface area (Å²) in [6, 6.07) is 0.317. The molecule has 1 atom stereocenters. The maximum atomic E-state index is 5.49. The van der Waals surface area contributed by atoms with E-state index in [4.69, 9.17) is 5.73 Å². The number of aliphatic imine (C=N–C) groups is 1. The summed E-state index contributed by atoms with van der Waals surface area (Å²) in [7, 11) is 0. The van der Waals surface area contributed by atoms with Crippen molar-refractivity contribution in [2.45, 2.75) is 47.1 Å². The van der Waals surface area contributed by atoms with Gasteiger partial charge in [0.15, 0.2) is 0 Å². The molecule has 0 aliphatic heterocycles. The van der Waals surface area contributed by atoms with Gasteiger partial charge in [-0.2, -0.15) is 0 Å². The van der Waals surface area contributed by atoms with E-state index < -0.39 is 0 Å². The third-order valence-corrected chi connectivity index (χ3v) is 2.44. The zero-order chi connectivity index (χ0) is 9.07. The van der Waals surface area contributed by atoms with E-state index in [1.54, 1.807) is 0 Å². The highest BCUT2D eigenvalue weighted by Gasteiger charge is 2.22. The molecule has 0 aromatic carbocycles. The van der Waals surface area contributed by atoms with Crippen LogP contribution >= 0.6 is 0 Å². The molecule has 0 radical (unpaired) electrons. The summed E-state index contributed by atoms with van der Waals surface area (Å²) < 4.78 is 0. The lowest BCUT2D eigenvalue weighted by atomic mass is 9.83. The van der Waals surface area contributed by atoms with Gasteiger partial charge in [-0.3, -0.25) is 4.99 Å². The van der Waals surface area contributed by atoms with Crippen LogP contribution in [-0.4, -0.2) is 11.9 Å². The standard InChI is InChI=1S/C9H20N2/c1-6-9(4,5)7(2)11-8(3)10/h7H,6H2,1-5H3,(H2,10,11). The second-order valence-electron chi connectivity index (χ2n) is 3.79. The van der Waals surface area contributed by atoms with Crippen LogP contribution in [0.5, 0.6) is 0 Å². The molecule has 0 heterocycles. The van der Waals surface area contributed by atoms with E-state index in [1.165, 1.54) is 0 Å². The molecule has 0 saturated heterocycles. The molecule has 0 fully saturated rings. The van der Waals surface area contributed by atoms with Crippen LogP contribution in [0.25, 0.3) is 0 Å². The fraction of sp³-hybridized carbons (Fsp3) is 0.889. The van der Waals surface area contributed by atoms with Gasteiger partial charge in [-0.05, 0) is 25.7 Å². The van der Waals surface area contributed by atoms with E-state index in [9.17, 15) is 0 Å². The first-order chi connectivity index (χ1) is 4.90. The Morgan fingerprint density at radius 1 is 1.55 bits per heavy atom. The second-order valence-corrected chi connectivity index (χ2v) is 3.79. The Morgan fingerprint density at radius 2 is 2.00 bits per heavy atom. The van der Waals surface area contributed by atoms with Gasteiger partial charge < -0.3 is 5.73 Å². The van der Waals surface area contributed by atoms with Gasteiger partial charge in [0.2, 0.25) is 0 Å². The van der Waals surface area contributed by atoms with E-state index >= 15 is 0 Å². The largest absolute Gasteiger partial charge is 0.388 e. The fourth-order valence-electron chi connectivity index (χ4n) is 0.776. The first-order valence-electron chi connectivity index (χ1n) is 4.20. The number of nitrogens with two attached hydrogens (primary N) is 1. The zero-order valence-electron chi connectivity index (χ0n) is 8.31. The molecular formula is C9H20N2. The fourth-order valence-corrected chi connectivity index (χ4v) is 0.776. The summed E-state index contributed by atoms with van der Waals surface area (Å²) in [6.45, 7) is 10.5. The van der Waals surface area contributed by atoms with Gasteiger partial charge in [0, 0.05) is 0 Å². The molecular weight excluding hydrogens is 136 g/mol. The van der Waals surface area contributed by atoms with Crippen LogP contribution in [0.3, 0.4) is 0 Å². The van der Waals surface area contributed by atoms with Crippen LogP contribution in [0, 0.1) is 5.41 Å². The third kappa shape index (κ3) is 3.40. The molecule has 0 saturated carbocycles. The highest BCUT2D eigenvalue weighted by atomic mass is 14.9. The summed E-state index contributed by atoms with van der Waals surface area (Å²) in [5.74, 6) is 0.680. The molecule has 2 N–H and O–H groups in total. The van der Waals surface area contributed by atoms with Crippen molar-refractivity contribution in [1.82, 2.24) is 0 Å². The average Bonchev–Trinajstić information content (AvgIpc) is 1.86. The van der Waals surface area contributed by atoms with Gasteiger partial charge in [0.25, 0.3) is 0 Å². The number of hydrogen-bond donors (Lipinski definition) is 1. The maximum absolute atomic E-state index is 5.49. The molecule has 0 spiro atoms. The Kier molecular flexibility index (Phi) is 3.56. The summed E-state index contributed by atoms with van der Waals surface area (Å²) in [5, 5.41) is 0. The minimum absolute atomic E-state index is 0.265. The molecule has 66 valence electrons. The van der Waals surface area contributed by atoms with E-state index in [0.717, 1.165) is 6.42 Å². The van der Waals surface area contributed by atoms with E-state index in [-0.39, 0.29) is 5.41 Å². The lowest BCUT2D eigenvalue weighted by molar-refractivity contribution is 0.291. The molecule has 0 amide bonds. The molecule has 0 rings (SSSR count). The van der Waals surface area contributed by atoms with Crippen molar-refractivity contribution in [2.75, 3.05) is 0 Å². The molecule has 0 aromatic heterocycles. The van der Waals surface area contributed by atoms with Crippen LogP contribution in [0.2, 0.25) is 0 Å². The van der Waals surface area contributed by atoms with Crippen LogP contribution < -0.4 is 5.73 Å². The molecule has 2 heteroatoms. The van der Waals surface area contributed by atoms with Gasteiger partial charge in [0.1, 0.15) is 0 Å². The molecule has 2 nitrogen and oxygen atoms in total. The van der Waals surface area contributed by atoms with Crippen molar-refractivity contribution in [3.63, 3.8) is 0 Å². The number of nitrogens with zero attached hydrogens (tertiary/aromatic N) is 1. The Labute approximate surface area is 69.9 Å². The maximum Gasteiger partial charge on any atom is 0.0909 e. The minimum Gasteiger partial charge on any atom is -0.388 e. The second kappa shape index (κ2) is 3.74. The van der Waals surface area contributed by atoms with E-state index in [0.29, 0.717) is 11.9 Å². The smallest absolute Gasteiger partial charge is 0.0909 e. The predicted molar refractivity (Wildman–Crippen MR) is 50.8 cm³/mol. The van der Waals surface area contributed by atoms with Crippen LogP contribution in [-0.2, 0) is 0 Å². The van der Waals surface area contributed by atoms with Crippen LogP contribution in [0.4, 0.5) is 0 Å². The lowest BCUT2D eigenvalue weighted by Gasteiger charge is -2.27. The first-order valence-corrected chi connectivity index (χ1v) is 4.20. The first kappa shape index (κ1) is 10.5. The van der Waals surface area contributed by atoms with Crippen molar-refractivity contribution < 1.29 is 0 Å². The van der Waals surface area contributed by atoms with Gasteiger partial charge >= 0.3 is 0 Å². The summed E-state index contributed by atoms with van der Waals surface area (Å²) in [4.78, 5) is 4.31. The monoisotopic (exact) mass is 156 g/mol. The quantitative estimate of drug-likeness (QED) is 0.493. The minimum atomic E-state index is 0.265. The van der Waals surface area contributed by atoms with E-state index in [1.807, 2.05) is 6.92 Å². The number of hydrogen-bond acceptors (Lipinski definition) is 1.